The Kier molecular flexibility index (Phi) is 8.75. The molecule has 2 N–H and O–H groups in total. The van der Waals surface area contributed by atoms with Crippen molar-refractivity contribution in [3.05, 3.63) is 106 Å². The van der Waals surface area contributed by atoms with Crippen LogP contribution in [0.4, 0.5) is 0 Å². The molecular weight excluding hydrogens is 496 g/mol. The first kappa shape index (κ1) is 26.9. The van der Waals surface area contributed by atoms with Crippen molar-refractivity contribution in [2.45, 2.75) is 26.2 Å². The zero-order valence-electron chi connectivity index (χ0n) is 21.4. The van der Waals surface area contributed by atoms with Gasteiger partial charge in [0.1, 0.15) is 5.75 Å². The highest BCUT2D eigenvalue weighted by molar-refractivity contribution is 6.52. The van der Waals surface area contributed by atoms with E-state index in [1.54, 1.807) is 19.3 Å². The SMILES string of the molecule is CC/C(=C(\C1=NCCCc2ccccc2C1=C=N)c1ccc(/C=C/C(=O)O)cc1)c1ccc(OC)cc1Cl. The molecule has 0 atom stereocenters. The average molecular weight is 525 g/mol. The van der Waals surface area contributed by atoms with Gasteiger partial charge in [-0.15, -0.1) is 0 Å². The van der Waals surface area contributed by atoms with Crippen LogP contribution in [0.2, 0.25) is 5.02 Å². The highest BCUT2D eigenvalue weighted by Crippen LogP contribution is 2.39. The molecule has 0 aliphatic carbocycles. The van der Waals surface area contributed by atoms with E-state index < -0.39 is 5.97 Å². The number of carboxylic acid groups (broad SMARTS) is 1. The third-order valence-corrected chi connectivity index (χ3v) is 6.85. The van der Waals surface area contributed by atoms with Gasteiger partial charge in [-0.2, -0.15) is 0 Å². The lowest BCUT2D eigenvalue weighted by Crippen LogP contribution is -2.14. The summed E-state index contributed by atoms with van der Waals surface area (Å²) in [6.07, 6.45) is 5.11. The van der Waals surface area contributed by atoms with Crippen LogP contribution in [0, 0.1) is 5.41 Å². The van der Waals surface area contributed by atoms with Crippen LogP contribution in [0.25, 0.3) is 22.8 Å². The van der Waals surface area contributed by atoms with Crippen molar-refractivity contribution >= 4 is 51.9 Å². The zero-order chi connectivity index (χ0) is 27.1. The van der Waals surface area contributed by atoms with E-state index in [4.69, 9.17) is 31.8 Å². The molecule has 1 heterocycles. The standard InChI is InChI=1S/C32H29ClN2O3/c1-3-25(27-16-15-24(38-2)19-29(27)33)31(23-13-10-21(11-14-23)12-17-30(36)37)32-28(20-34)26-9-5-4-7-22(26)8-6-18-35-32/h4-5,7,9-17,19,34H,3,6,8,18H2,1-2H3,(H,36,37)/b17-12+,31-25+,35-32?. The van der Waals surface area contributed by atoms with Crippen LogP contribution in [0.1, 0.15) is 47.6 Å². The number of halogens is 1. The third-order valence-electron chi connectivity index (χ3n) is 6.53. The number of benzene rings is 3. The molecule has 1 aliphatic heterocycles. The number of aliphatic carboxylic acids is 1. The molecule has 0 aromatic heterocycles. The largest absolute Gasteiger partial charge is 0.497 e. The van der Waals surface area contributed by atoms with E-state index in [1.807, 2.05) is 54.6 Å². The van der Waals surface area contributed by atoms with E-state index in [9.17, 15) is 4.79 Å². The Morgan fingerprint density at radius 1 is 1.16 bits per heavy atom. The highest BCUT2D eigenvalue weighted by atomic mass is 35.5. The Hall–Kier alpha value is -4.18. The van der Waals surface area contributed by atoms with Crippen LogP contribution in [0.3, 0.4) is 0 Å². The maximum Gasteiger partial charge on any atom is 0.328 e. The van der Waals surface area contributed by atoms with Gasteiger partial charge in [-0.05, 0) is 82.8 Å². The Bertz CT molecular complexity index is 1490. The summed E-state index contributed by atoms with van der Waals surface area (Å²) in [4.78, 5) is 16.0. The molecule has 0 unspecified atom stereocenters. The van der Waals surface area contributed by atoms with Gasteiger partial charge in [-0.25, -0.2) is 4.79 Å². The predicted molar refractivity (Wildman–Crippen MR) is 156 cm³/mol. The summed E-state index contributed by atoms with van der Waals surface area (Å²) in [5.74, 6) is 2.38. The zero-order valence-corrected chi connectivity index (χ0v) is 22.2. The lowest BCUT2D eigenvalue weighted by atomic mass is 9.83. The molecule has 3 aromatic rings. The molecule has 4 rings (SSSR count). The number of rotatable bonds is 7. The van der Waals surface area contributed by atoms with Crippen molar-refractivity contribution in [1.82, 2.24) is 0 Å². The van der Waals surface area contributed by atoms with Crippen LogP contribution in [-0.2, 0) is 11.2 Å². The lowest BCUT2D eigenvalue weighted by molar-refractivity contribution is -0.131. The van der Waals surface area contributed by atoms with Crippen LogP contribution < -0.4 is 4.74 Å². The highest BCUT2D eigenvalue weighted by Gasteiger charge is 2.24. The number of carboxylic acids is 1. The Labute approximate surface area is 228 Å². The molecule has 0 saturated carbocycles. The van der Waals surface area contributed by atoms with Gasteiger partial charge in [0.25, 0.3) is 0 Å². The fraction of sp³-hybridized carbons (Fsp3) is 0.188. The number of hydrogen-bond donors (Lipinski definition) is 2. The smallest absolute Gasteiger partial charge is 0.328 e. The molecule has 0 fully saturated rings. The normalized spacial score (nSPS) is 14.1. The molecule has 1 aliphatic rings. The van der Waals surface area contributed by atoms with Gasteiger partial charge in [-0.1, -0.05) is 67.1 Å². The van der Waals surface area contributed by atoms with E-state index in [1.165, 1.54) is 5.56 Å². The second-order valence-corrected chi connectivity index (χ2v) is 9.24. The molecule has 0 spiro atoms. The number of aryl methyl sites for hydroxylation is 1. The minimum absolute atomic E-state index is 0.562. The molecule has 0 amide bonds. The van der Waals surface area contributed by atoms with E-state index in [0.29, 0.717) is 35.0 Å². The second-order valence-electron chi connectivity index (χ2n) is 8.84. The van der Waals surface area contributed by atoms with Crippen LogP contribution >= 0.6 is 11.6 Å². The van der Waals surface area contributed by atoms with Gasteiger partial charge in [0.2, 0.25) is 0 Å². The minimum atomic E-state index is -1.000. The fourth-order valence-electron chi connectivity index (χ4n) is 4.73. The van der Waals surface area contributed by atoms with Gasteiger partial charge >= 0.3 is 5.97 Å². The number of ether oxygens (including phenoxy) is 1. The molecule has 38 heavy (non-hydrogen) atoms. The first-order chi connectivity index (χ1) is 18.5. The lowest BCUT2D eigenvalue weighted by Gasteiger charge is -2.22. The van der Waals surface area contributed by atoms with Gasteiger partial charge in [0, 0.05) is 18.2 Å². The van der Waals surface area contributed by atoms with Crippen molar-refractivity contribution in [2.75, 3.05) is 13.7 Å². The fourth-order valence-corrected chi connectivity index (χ4v) is 5.02. The maximum atomic E-state index is 11.0. The van der Waals surface area contributed by atoms with Crippen LogP contribution in [0.5, 0.6) is 5.75 Å². The third kappa shape index (κ3) is 5.86. The number of methoxy groups -OCH3 is 1. The van der Waals surface area contributed by atoms with Crippen LogP contribution in [0.15, 0.2) is 77.8 Å². The van der Waals surface area contributed by atoms with Crippen LogP contribution in [-0.4, -0.2) is 36.3 Å². The summed E-state index contributed by atoms with van der Waals surface area (Å²) < 4.78 is 5.37. The number of carbonyl (C=O) groups is 1. The summed E-state index contributed by atoms with van der Waals surface area (Å²) in [7, 11) is 1.61. The Balaban J connectivity index is 2.00. The van der Waals surface area contributed by atoms with Crippen molar-refractivity contribution in [2.24, 2.45) is 4.99 Å². The van der Waals surface area contributed by atoms with Crippen molar-refractivity contribution in [3.8, 4) is 5.75 Å². The summed E-state index contributed by atoms with van der Waals surface area (Å²) in [5.41, 5.74) is 7.84. The van der Waals surface area contributed by atoms with Gasteiger partial charge in [0.05, 0.1) is 23.4 Å². The van der Waals surface area contributed by atoms with Crippen molar-refractivity contribution < 1.29 is 14.6 Å². The Morgan fingerprint density at radius 2 is 1.92 bits per heavy atom. The quantitative estimate of drug-likeness (QED) is 0.191. The molecule has 0 saturated heterocycles. The molecule has 0 radical (unpaired) electrons. The monoisotopic (exact) mass is 524 g/mol. The van der Waals surface area contributed by atoms with Gasteiger partial charge in [-0.3, -0.25) is 10.4 Å². The number of allylic oxidation sites excluding steroid dienone is 3. The summed E-state index contributed by atoms with van der Waals surface area (Å²) in [6.45, 7) is 2.69. The van der Waals surface area contributed by atoms with E-state index in [0.717, 1.165) is 52.3 Å². The summed E-state index contributed by atoms with van der Waals surface area (Å²) in [6, 6.07) is 21.4. The number of aliphatic imine (C=N–C) groups is 1. The average Bonchev–Trinajstić information content (AvgIpc) is 2.92. The molecular formula is C32H29ClN2O3. The predicted octanol–water partition coefficient (Wildman–Crippen LogP) is 7.49. The minimum Gasteiger partial charge on any atom is -0.497 e. The Morgan fingerprint density at radius 3 is 2.58 bits per heavy atom. The second kappa shape index (κ2) is 12.4. The van der Waals surface area contributed by atoms with E-state index in [-0.39, 0.29) is 0 Å². The molecule has 192 valence electrons. The molecule has 6 heteroatoms. The first-order valence-corrected chi connectivity index (χ1v) is 12.9. The summed E-state index contributed by atoms with van der Waals surface area (Å²) >= 11 is 6.78. The number of nitrogens with zero attached hydrogens (tertiary/aromatic N) is 1. The first-order valence-electron chi connectivity index (χ1n) is 12.5. The number of fused-ring (bicyclic) bond motifs is 1. The van der Waals surface area contributed by atoms with E-state index in [2.05, 4.69) is 18.9 Å². The maximum absolute atomic E-state index is 11.0. The number of nitrogens with one attached hydrogen (secondary N) is 1. The van der Waals surface area contributed by atoms with Crippen molar-refractivity contribution in [1.29, 1.82) is 5.41 Å². The number of hydrogen-bond acceptors (Lipinski definition) is 4. The van der Waals surface area contributed by atoms with E-state index >= 15 is 0 Å². The topological polar surface area (TPSA) is 82.7 Å². The molecule has 5 nitrogen and oxygen atoms in total. The van der Waals surface area contributed by atoms with Gasteiger partial charge in [0.15, 0.2) is 0 Å². The van der Waals surface area contributed by atoms with Gasteiger partial charge < -0.3 is 9.84 Å². The molecule has 0 bridgehead atoms. The van der Waals surface area contributed by atoms with Crippen molar-refractivity contribution in [3.63, 3.8) is 0 Å². The molecule has 3 aromatic carbocycles. The summed E-state index contributed by atoms with van der Waals surface area (Å²) in [5, 5.41) is 17.9.